The minimum absolute atomic E-state index is 0.0458. The molecule has 2 aromatic carbocycles. The summed E-state index contributed by atoms with van der Waals surface area (Å²) >= 11 is 1.63. The van der Waals surface area contributed by atoms with Crippen LogP contribution in [0.3, 0.4) is 0 Å². The maximum Gasteiger partial charge on any atom is 0.185 e. The molecular weight excluding hydrogens is 296 g/mol. The zero-order chi connectivity index (χ0) is 15.9. The quantitative estimate of drug-likeness (QED) is 0.452. The second kappa shape index (κ2) is 7.71. The molecule has 0 N–H and O–H groups in total. The van der Waals surface area contributed by atoms with Crippen molar-refractivity contribution in [2.75, 3.05) is 20.5 Å². The Morgan fingerprint density at radius 1 is 1.05 bits per heavy atom. The molecule has 0 bridgehead atoms. The Kier molecular flexibility index (Phi) is 5.67. The zero-order valence-corrected chi connectivity index (χ0v) is 13.6. The van der Waals surface area contributed by atoms with E-state index < -0.39 is 0 Å². The van der Waals surface area contributed by atoms with Crippen molar-refractivity contribution in [3.05, 3.63) is 59.7 Å². The Morgan fingerprint density at radius 3 is 2.36 bits per heavy atom. The van der Waals surface area contributed by atoms with Crippen molar-refractivity contribution in [1.82, 2.24) is 0 Å². The van der Waals surface area contributed by atoms with Gasteiger partial charge in [0, 0.05) is 10.5 Å². The number of thioether (sulfide) groups is 1. The molecule has 0 spiro atoms. The number of ether oxygens (including phenoxy) is 2. The van der Waals surface area contributed by atoms with Crippen molar-refractivity contribution >= 4 is 23.6 Å². The topological polar surface area (TPSA) is 35.5 Å². The van der Waals surface area contributed by atoms with Crippen LogP contribution in [0.1, 0.15) is 15.9 Å². The Balaban J connectivity index is 2.14. The van der Waals surface area contributed by atoms with Crippen LogP contribution in [0.5, 0.6) is 11.5 Å². The summed E-state index contributed by atoms with van der Waals surface area (Å²) in [5, 5.41) is 0. The third kappa shape index (κ3) is 3.92. The summed E-state index contributed by atoms with van der Waals surface area (Å²) in [6, 6.07) is 12.9. The molecule has 0 aromatic heterocycles. The lowest BCUT2D eigenvalue weighted by Crippen LogP contribution is -1.94. The summed E-state index contributed by atoms with van der Waals surface area (Å²) in [5.74, 6) is 1.50. The number of ketones is 1. The lowest BCUT2D eigenvalue weighted by molar-refractivity contribution is 0.104. The fourth-order valence-corrected chi connectivity index (χ4v) is 2.53. The van der Waals surface area contributed by atoms with E-state index in [1.807, 2.05) is 24.5 Å². The molecule has 3 nitrogen and oxygen atoms in total. The van der Waals surface area contributed by atoms with Gasteiger partial charge >= 0.3 is 0 Å². The molecule has 0 saturated heterocycles. The third-order valence-corrected chi connectivity index (χ3v) is 3.99. The predicted molar refractivity (Wildman–Crippen MR) is 91.1 cm³/mol. The van der Waals surface area contributed by atoms with Gasteiger partial charge < -0.3 is 9.47 Å². The maximum absolute atomic E-state index is 12.1. The molecule has 0 unspecified atom stereocenters. The van der Waals surface area contributed by atoms with Gasteiger partial charge in [0.1, 0.15) is 11.5 Å². The molecule has 0 saturated carbocycles. The third-order valence-electron chi connectivity index (χ3n) is 3.21. The van der Waals surface area contributed by atoms with Gasteiger partial charge in [-0.2, -0.15) is 0 Å². The number of hydrogen-bond donors (Lipinski definition) is 0. The van der Waals surface area contributed by atoms with Gasteiger partial charge in [-0.25, -0.2) is 0 Å². The second-order valence-corrected chi connectivity index (χ2v) is 5.39. The monoisotopic (exact) mass is 314 g/mol. The van der Waals surface area contributed by atoms with Crippen LogP contribution in [0.4, 0.5) is 0 Å². The van der Waals surface area contributed by atoms with E-state index in [4.69, 9.17) is 9.47 Å². The van der Waals surface area contributed by atoms with E-state index in [-0.39, 0.29) is 5.78 Å². The first kappa shape index (κ1) is 16.2. The van der Waals surface area contributed by atoms with Crippen molar-refractivity contribution in [3.63, 3.8) is 0 Å². The van der Waals surface area contributed by atoms with E-state index in [2.05, 4.69) is 0 Å². The lowest BCUT2D eigenvalue weighted by Gasteiger charge is -2.06. The summed E-state index contributed by atoms with van der Waals surface area (Å²) in [6.07, 6.45) is 5.36. The highest BCUT2D eigenvalue weighted by atomic mass is 32.2. The first-order chi connectivity index (χ1) is 10.7. The second-order valence-electron chi connectivity index (χ2n) is 4.54. The van der Waals surface area contributed by atoms with Gasteiger partial charge in [0.25, 0.3) is 0 Å². The predicted octanol–water partition coefficient (Wildman–Crippen LogP) is 4.32. The van der Waals surface area contributed by atoms with E-state index in [1.165, 1.54) is 0 Å². The van der Waals surface area contributed by atoms with Crippen LogP contribution in [0, 0.1) is 0 Å². The van der Waals surface area contributed by atoms with Gasteiger partial charge in [-0.3, -0.25) is 4.79 Å². The lowest BCUT2D eigenvalue weighted by atomic mass is 10.1. The van der Waals surface area contributed by atoms with E-state index in [9.17, 15) is 4.79 Å². The molecule has 2 rings (SSSR count). The number of carbonyl (C=O) groups excluding carboxylic acids is 1. The summed E-state index contributed by atoms with van der Waals surface area (Å²) in [5.41, 5.74) is 1.56. The van der Waals surface area contributed by atoms with E-state index in [0.29, 0.717) is 5.56 Å². The highest BCUT2D eigenvalue weighted by Gasteiger charge is 2.04. The molecule has 0 radical (unpaired) electrons. The first-order valence-electron chi connectivity index (χ1n) is 6.76. The normalized spacial score (nSPS) is 10.7. The SMILES string of the molecule is COc1ccc(C(=O)C=Cc2ccc(SC)c(OC)c2)cc1. The summed E-state index contributed by atoms with van der Waals surface area (Å²) in [7, 11) is 3.24. The smallest absolute Gasteiger partial charge is 0.185 e. The number of rotatable bonds is 6. The van der Waals surface area contributed by atoms with Crippen molar-refractivity contribution in [1.29, 1.82) is 0 Å². The van der Waals surface area contributed by atoms with Crippen molar-refractivity contribution in [2.24, 2.45) is 0 Å². The minimum Gasteiger partial charge on any atom is -0.497 e. The molecule has 114 valence electrons. The number of methoxy groups -OCH3 is 2. The van der Waals surface area contributed by atoms with Crippen LogP contribution in [0.2, 0.25) is 0 Å². The fraction of sp³-hybridized carbons (Fsp3) is 0.167. The first-order valence-corrected chi connectivity index (χ1v) is 7.99. The van der Waals surface area contributed by atoms with Gasteiger partial charge in [0.15, 0.2) is 5.78 Å². The van der Waals surface area contributed by atoms with E-state index >= 15 is 0 Å². The van der Waals surface area contributed by atoms with Gasteiger partial charge in [-0.05, 0) is 54.3 Å². The number of hydrogen-bond acceptors (Lipinski definition) is 4. The van der Waals surface area contributed by atoms with Crippen LogP contribution < -0.4 is 9.47 Å². The average Bonchev–Trinajstić information content (AvgIpc) is 2.59. The number of allylic oxidation sites excluding steroid dienone is 1. The van der Waals surface area contributed by atoms with Gasteiger partial charge in [-0.15, -0.1) is 11.8 Å². The van der Waals surface area contributed by atoms with Crippen molar-refractivity contribution < 1.29 is 14.3 Å². The highest BCUT2D eigenvalue weighted by molar-refractivity contribution is 7.98. The summed E-state index contributed by atoms with van der Waals surface area (Å²) < 4.78 is 10.4. The highest BCUT2D eigenvalue weighted by Crippen LogP contribution is 2.28. The van der Waals surface area contributed by atoms with Crippen molar-refractivity contribution in [2.45, 2.75) is 4.90 Å². The Labute approximate surface area is 135 Å². The molecule has 0 aliphatic heterocycles. The fourth-order valence-electron chi connectivity index (χ4n) is 1.98. The number of carbonyl (C=O) groups is 1. The van der Waals surface area contributed by atoms with Gasteiger partial charge in [-0.1, -0.05) is 12.1 Å². The Hall–Kier alpha value is -2.20. The van der Waals surface area contributed by atoms with Gasteiger partial charge in [0.05, 0.1) is 14.2 Å². The molecule has 0 atom stereocenters. The summed E-state index contributed by atoms with van der Waals surface area (Å²) in [4.78, 5) is 13.2. The van der Waals surface area contributed by atoms with E-state index in [1.54, 1.807) is 62.4 Å². The summed E-state index contributed by atoms with van der Waals surface area (Å²) in [6.45, 7) is 0. The standard InChI is InChI=1S/C18H18O3S/c1-20-15-8-6-14(7-9-15)16(19)10-4-13-5-11-18(22-3)17(12-13)21-2/h4-12H,1-3H3. The molecule has 0 aliphatic rings. The van der Waals surface area contributed by atoms with Crippen LogP contribution in [0.25, 0.3) is 6.08 Å². The molecule has 2 aromatic rings. The molecule has 4 heteroatoms. The Bertz CT molecular complexity index is 675. The molecule has 0 amide bonds. The van der Waals surface area contributed by atoms with Crippen LogP contribution in [-0.4, -0.2) is 26.3 Å². The maximum atomic E-state index is 12.1. The number of benzene rings is 2. The van der Waals surface area contributed by atoms with Crippen LogP contribution >= 0.6 is 11.8 Å². The van der Waals surface area contributed by atoms with E-state index in [0.717, 1.165) is 22.0 Å². The van der Waals surface area contributed by atoms with Gasteiger partial charge in [0.2, 0.25) is 0 Å². The molecule has 22 heavy (non-hydrogen) atoms. The largest absolute Gasteiger partial charge is 0.497 e. The minimum atomic E-state index is -0.0458. The molecule has 0 fully saturated rings. The zero-order valence-electron chi connectivity index (χ0n) is 12.8. The molecular formula is C18H18O3S. The Morgan fingerprint density at radius 2 is 1.77 bits per heavy atom. The van der Waals surface area contributed by atoms with Crippen molar-refractivity contribution in [3.8, 4) is 11.5 Å². The van der Waals surface area contributed by atoms with Crippen LogP contribution in [-0.2, 0) is 0 Å². The molecule has 0 heterocycles. The average molecular weight is 314 g/mol. The molecule has 0 aliphatic carbocycles. The van der Waals surface area contributed by atoms with Crippen LogP contribution in [0.15, 0.2) is 53.4 Å².